The highest BCUT2D eigenvalue weighted by molar-refractivity contribution is 5.88. The third-order valence-corrected chi connectivity index (χ3v) is 2.94. The van der Waals surface area contributed by atoms with Gasteiger partial charge in [0.25, 0.3) is 0 Å². The lowest BCUT2D eigenvalue weighted by Crippen LogP contribution is -2.43. The highest BCUT2D eigenvalue weighted by atomic mass is 16.5. The molecule has 5 nitrogen and oxygen atoms in total. The molecule has 2 rings (SSSR count). The maximum Gasteiger partial charge on any atom is 0.246 e. The molecule has 1 fully saturated rings. The first-order valence-corrected chi connectivity index (χ1v) is 6.51. The van der Waals surface area contributed by atoms with Crippen LogP contribution in [0.4, 0.5) is 0 Å². The molecule has 0 N–H and O–H groups in total. The van der Waals surface area contributed by atoms with E-state index in [4.69, 9.17) is 4.74 Å². The summed E-state index contributed by atoms with van der Waals surface area (Å²) in [5.41, 5.74) is 1.02. The van der Waals surface area contributed by atoms with Crippen LogP contribution in [0, 0.1) is 0 Å². The van der Waals surface area contributed by atoms with Gasteiger partial charge in [-0.3, -0.25) is 4.79 Å². The lowest BCUT2D eigenvalue weighted by Gasteiger charge is -2.32. The molecule has 0 radical (unpaired) electrons. The Morgan fingerprint density at radius 3 is 3.05 bits per heavy atom. The molecule has 0 aromatic carbocycles. The number of amides is 1. The summed E-state index contributed by atoms with van der Waals surface area (Å²) in [4.78, 5) is 21.7. The zero-order chi connectivity index (χ0) is 13.7. The van der Waals surface area contributed by atoms with Crippen molar-refractivity contribution in [1.29, 1.82) is 0 Å². The number of rotatable bonds is 3. The van der Waals surface area contributed by atoms with Crippen LogP contribution in [-0.2, 0) is 4.79 Å². The maximum absolute atomic E-state index is 12.0. The summed E-state index contributed by atoms with van der Waals surface area (Å²) in [6.45, 7) is 5.27. The summed E-state index contributed by atoms with van der Waals surface area (Å²) < 4.78 is 5.77. The second-order valence-corrected chi connectivity index (χ2v) is 4.94. The average Bonchev–Trinajstić information content (AvgIpc) is 2.39. The first-order chi connectivity index (χ1) is 9.15. The minimum Gasteiger partial charge on any atom is -0.472 e. The van der Waals surface area contributed by atoms with Gasteiger partial charge in [-0.25, -0.2) is 9.97 Å². The molecule has 1 aliphatic heterocycles. The SMILES string of the molecule is CC(C)=CC(=O)N1CCCC(Oc2ccncn2)C1. The summed E-state index contributed by atoms with van der Waals surface area (Å²) in [5.74, 6) is 0.632. The Morgan fingerprint density at radius 1 is 1.53 bits per heavy atom. The standard InChI is InChI=1S/C14H19N3O2/c1-11(2)8-14(18)17-7-3-4-12(9-17)19-13-5-6-15-10-16-13/h5-6,8,10,12H,3-4,7,9H2,1-2H3. The van der Waals surface area contributed by atoms with E-state index in [-0.39, 0.29) is 12.0 Å². The molecular formula is C14H19N3O2. The minimum absolute atomic E-state index is 0.0122. The quantitative estimate of drug-likeness (QED) is 0.779. The Kier molecular flexibility index (Phi) is 4.49. The number of ether oxygens (including phenoxy) is 1. The van der Waals surface area contributed by atoms with Crippen LogP contribution in [0.1, 0.15) is 26.7 Å². The molecule has 0 saturated carbocycles. The third kappa shape index (κ3) is 4.05. The van der Waals surface area contributed by atoms with Crippen LogP contribution in [0.25, 0.3) is 0 Å². The second-order valence-electron chi connectivity index (χ2n) is 4.94. The number of likely N-dealkylation sites (tertiary alicyclic amines) is 1. The van der Waals surface area contributed by atoms with Crippen molar-refractivity contribution in [3.63, 3.8) is 0 Å². The van der Waals surface area contributed by atoms with Crippen molar-refractivity contribution in [2.45, 2.75) is 32.8 Å². The summed E-state index contributed by atoms with van der Waals surface area (Å²) in [5, 5.41) is 0. The number of hydrogen-bond acceptors (Lipinski definition) is 4. The van der Waals surface area contributed by atoms with Crippen LogP contribution in [0.15, 0.2) is 30.2 Å². The van der Waals surface area contributed by atoms with Gasteiger partial charge in [-0.15, -0.1) is 0 Å². The van der Waals surface area contributed by atoms with E-state index in [0.717, 1.165) is 25.0 Å². The van der Waals surface area contributed by atoms with Gasteiger partial charge in [-0.1, -0.05) is 5.57 Å². The van der Waals surface area contributed by atoms with Crippen molar-refractivity contribution in [2.75, 3.05) is 13.1 Å². The Morgan fingerprint density at radius 2 is 2.37 bits per heavy atom. The van der Waals surface area contributed by atoms with Crippen LogP contribution in [-0.4, -0.2) is 40.0 Å². The van der Waals surface area contributed by atoms with Crippen LogP contribution in [0.2, 0.25) is 0 Å². The van der Waals surface area contributed by atoms with Gasteiger partial charge in [0.2, 0.25) is 11.8 Å². The second kappa shape index (κ2) is 6.31. The molecule has 2 heterocycles. The number of aromatic nitrogens is 2. The fourth-order valence-electron chi connectivity index (χ4n) is 2.09. The first-order valence-electron chi connectivity index (χ1n) is 6.51. The maximum atomic E-state index is 12.0. The molecule has 1 atom stereocenters. The van der Waals surface area contributed by atoms with E-state index < -0.39 is 0 Å². The molecule has 1 amide bonds. The molecule has 0 bridgehead atoms. The molecule has 0 spiro atoms. The van der Waals surface area contributed by atoms with Crippen LogP contribution in [0.3, 0.4) is 0 Å². The van der Waals surface area contributed by atoms with Crippen molar-refractivity contribution >= 4 is 5.91 Å². The smallest absolute Gasteiger partial charge is 0.246 e. The molecule has 102 valence electrons. The first kappa shape index (κ1) is 13.5. The molecule has 1 unspecified atom stereocenters. The zero-order valence-corrected chi connectivity index (χ0v) is 11.4. The molecule has 5 heteroatoms. The number of hydrogen-bond donors (Lipinski definition) is 0. The Labute approximate surface area is 113 Å². The van der Waals surface area contributed by atoms with Gasteiger partial charge in [-0.05, 0) is 26.7 Å². The van der Waals surface area contributed by atoms with E-state index in [0.29, 0.717) is 12.4 Å². The van der Waals surface area contributed by atoms with E-state index in [9.17, 15) is 4.79 Å². The number of piperidine rings is 1. The Hall–Kier alpha value is -1.91. The molecule has 1 aliphatic rings. The predicted molar refractivity (Wildman–Crippen MR) is 71.7 cm³/mol. The van der Waals surface area contributed by atoms with Crippen molar-refractivity contribution in [1.82, 2.24) is 14.9 Å². The summed E-state index contributed by atoms with van der Waals surface area (Å²) in [6, 6.07) is 1.73. The van der Waals surface area contributed by atoms with Crippen molar-refractivity contribution < 1.29 is 9.53 Å². The molecule has 1 aromatic heterocycles. The molecule has 1 aromatic rings. The number of nitrogens with zero attached hydrogens (tertiary/aromatic N) is 3. The van der Waals surface area contributed by atoms with Gasteiger partial charge < -0.3 is 9.64 Å². The van der Waals surface area contributed by atoms with Crippen LogP contribution < -0.4 is 4.74 Å². The van der Waals surface area contributed by atoms with Crippen LogP contribution >= 0.6 is 0 Å². The molecular weight excluding hydrogens is 242 g/mol. The van der Waals surface area contributed by atoms with Gasteiger partial charge in [0.1, 0.15) is 12.4 Å². The third-order valence-electron chi connectivity index (χ3n) is 2.94. The van der Waals surface area contributed by atoms with Gasteiger partial charge in [0, 0.05) is 24.9 Å². The van der Waals surface area contributed by atoms with E-state index in [1.54, 1.807) is 18.3 Å². The lowest BCUT2D eigenvalue weighted by molar-refractivity contribution is -0.128. The van der Waals surface area contributed by atoms with E-state index in [1.807, 2.05) is 18.7 Å². The zero-order valence-electron chi connectivity index (χ0n) is 11.4. The molecule has 19 heavy (non-hydrogen) atoms. The van der Waals surface area contributed by atoms with E-state index in [1.165, 1.54) is 6.33 Å². The van der Waals surface area contributed by atoms with Crippen molar-refractivity contribution in [3.05, 3.63) is 30.2 Å². The predicted octanol–water partition coefficient (Wildman–Crippen LogP) is 1.81. The topological polar surface area (TPSA) is 55.3 Å². The molecule has 1 saturated heterocycles. The van der Waals surface area contributed by atoms with Gasteiger partial charge in [0.15, 0.2) is 0 Å². The van der Waals surface area contributed by atoms with Gasteiger partial charge in [-0.2, -0.15) is 0 Å². The number of carbonyl (C=O) groups is 1. The van der Waals surface area contributed by atoms with Crippen molar-refractivity contribution in [3.8, 4) is 5.88 Å². The number of carbonyl (C=O) groups excluding carboxylic acids is 1. The van der Waals surface area contributed by atoms with Crippen LogP contribution in [0.5, 0.6) is 5.88 Å². The minimum atomic E-state index is 0.0122. The molecule has 0 aliphatic carbocycles. The average molecular weight is 261 g/mol. The number of allylic oxidation sites excluding steroid dienone is 1. The van der Waals surface area contributed by atoms with Crippen molar-refractivity contribution in [2.24, 2.45) is 0 Å². The summed E-state index contributed by atoms with van der Waals surface area (Å²) in [7, 11) is 0. The monoisotopic (exact) mass is 261 g/mol. The van der Waals surface area contributed by atoms with E-state index in [2.05, 4.69) is 9.97 Å². The van der Waals surface area contributed by atoms with Gasteiger partial charge in [0.05, 0.1) is 6.54 Å². The fraction of sp³-hybridized carbons (Fsp3) is 0.500. The highest BCUT2D eigenvalue weighted by Crippen LogP contribution is 2.16. The summed E-state index contributed by atoms with van der Waals surface area (Å²) >= 11 is 0. The Balaban J connectivity index is 1.94. The largest absolute Gasteiger partial charge is 0.472 e. The Bertz CT molecular complexity index is 455. The highest BCUT2D eigenvalue weighted by Gasteiger charge is 2.24. The lowest BCUT2D eigenvalue weighted by atomic mass is 10.1. The van der Waals surface area contributed by atoms with Gasteiger partial charge >= 0.3 is 0 Å². The van der Waals surface area contributed by atoms with E-state index >= 15 is 0 Å². The summed E-state index contributed by atoms with van der Waals surface area (Å²) in [6.07, 6.45) is 6.70. The normalized spacial score (nSPS) is 18.8. The fourth-order valence-corrected chi connectivity index (χ4v) is 2.09.